The van der Waals surface area contributed by atoms with Gasteiger partial charge in [-0.3, -0.25) is 5.10 Å². The molecule has 0 atom stereocenters. The number of nitrogen functional groups attached to an aromatic ring is 1. The Hall–Kier alpha value is -1.86. The van der Waals surface area contributed by atoms with Crippen LogP contribution in [-0.2, 0) is 9.84 Å². The van der Waals surface area contributed by atoms with Gasteiger partial charge < -0.3 is 5.73 Å². The molecule has 0 radical (unpaired) electrons. The third-order valence-corrected chi connectivity index (χ3v) is 6.83. The molecule has 1 aromatic carbocycles. The van der Waals surface area contributed by atoms with Gasteiger partial charge in [-0.15, -0.1) is 11.3 Å². The van der Waals surface area contributed by atoms with E-state index in [0.717, 1.165) is 22.5 Å². The van der Waals surface area contributed by atoms with Gasteiger partial charge in [0.25, 0.3) is 0 Å². The summed E-state index contributed by atoms with van der Waals surface area (Å²) in [5, 5.41) is 7.50. The first-order valence-electron chi connectivity index (χ1n) is 6.50. The van der Waals surface area contributed by atoms with E-state index in [0.29, 0.717) is 25.8 Å². The first-order valence-corrected chi connectivity index (χ1v) is 8.97. The Kier molecular flexibility index (Phi) is 3.26. The van der Waals surface area contributed by atoms with Gasteiger partial charge in [-0.2, -0.15) is 5.10 Å². The molecule has 2 heterocycles. The molecule has 7 heteroatoms. The molecule has 0 aliphatic carbocycles. The molecular weight excluding hydrogens is 306 g/mol. The van der Waals surface area contributed by atoms with Crippen LogP contribution >= 0.6 is 11.3 Å². The van der Waals surface area contributed by atoms with Gasteiger partial charge in [0, 0.05) is 5.56 Å². The van der Waals surface area contributed by atoms with E-state index in [-0.39, 0.29) is 5.75 Å². The average Bonchev–Trinajstić information content (AvgIpc) is 3.01. The summed E-state index contributed by atoms with van der Waals surface area (Å²) < 4.78 is 25.1. The molecule has 21 heavy (non-hydrogen) atoms. The van der Waals surface area contributed by atoms with Crippen molar-refractivity contribution in [1.29, 1.82) is 0 Å². The number of aromatic nitrogens is 2. The number of H-pyrrole nitrogens is 1. The maximum atomic E-state index is 12.4. The van der Waals surface area contributed by atoms with Crippen molar-refractivity contribution < 1.29 is 8.42 Å². The van der Waals surface area contributed by atoms with Gasteiger partial charge in [0.2, 0.25) is 0 Å². The zero-order valence-corrected chi connectivity index (χ0v) is 13.3. The fraction of sp³-hybridized carbons (Fsp3) is 0.214. The normalized spacial score (nSPS) is 12.1. The van der Waals surface area contributed by atoms with Crippen LogP contribution < -0.4 is 5.73 Å². The van der Waals surface area contributed by atoms with Crippen molar-refractivity contribution >= 4 is 37.2 Å². The molecule has 0 bridgehead atoms. The highest BCUT2D eigenvalue weighted by molar-refractivity contribution is 7.93. The van der Waals surface area contributed by atoms with Crippen LogP contribution in [0.15, 0.2) is 28.5 Å². The number of sulfone groups is 1. The van der Waals surface area contributed by atoms with Crippen molar-refractivity contribution in [3.05, 3.63) is 29.8 Å². The largest absolute Gasteiger partial charge is 0.384 e. The van der Waals surface area contributed by atoms with E-state index in [9.17, 15) is 8.42 Å². The van der Waals surface area contributed by atoms with E-state index in [1.54, 1.807) is 6.92 Å². The van der Waals surface area contributed by atoms with Gasteiger partial charge in [-0.05, 0) is 12.5 Å². The Morgan fingerprint density at radius 2 is 1.95 bits per heavy atom. The topological polar surface area (TPSA) is 88.8 Å². The van der Waals surface area contributed by atoms with Crippen LogP contribution in [-0.4, -0.2) is 24.4 Å². The van der Waals surface area contributed by atoms with Gasteiger partial charge >= 0.3 is 0 Å². The predicted molar refractivity (Wildman–Crippen MR) is 86.3 cm³/mol. The quantitative estimate of drug-likeness (QED) is 0.776. The highest BCUT2D eigenvalue weighted by Gasteiger charge is 2.26. The van der Waals surface area contributed by atoms with Gasteiger partial charge in [0.1, 0.15) is 14.9 Å². The Morgan fingerprint density at radius 3 is 2.57 bits per heavy atom. The number of aromatic amines is 1. The molecule has 3 aromatic rings. The lowest BCUT2D eigenvalue weighted by molar-refractivity contribution is 0.599. The number of hydrogen-bond donors (Lipinski definition) is 2. The molecule has 3 rings (SSSR count). The van der Waals surface area contributed by atoms with Crippen LogP contribution in [0.2, 0.25) is 0 Å². The van der Waals surface area contributed by atoms with E-state index in [2.05, 4.69) is 10.2 Å². The second-order valence-corrected chi connectivity index (χ2v) is 8.32. The third kappa shape index (κ3) is 2.22. The first-order chi connectivity index (χ1) is 9.94. The summed E-state index contributed by atoms with van der Waals surface area (Å²) >= 11 is 1.16. The minimum atomic E-state index is -3.33. The number of aryl methyl sites for hydroxylation is 1. The molecule has 0 amide bonds. The van der Waals surface area contributed by atoms with Crippen LogP contribution in [0.25, 0.3) is 21.3 Å². The number of anilines is 1. The monoisotopic (exact) mass is 321 g/mol. The Balaban J connectivity index is 2.39. The van der Waals surface area contributed by atoms with Crippen molar-refractivity contribution in [3.63, 3.8) is 0 Å². The minimum absolute atomic E-state index is 0.0542. The second kappa shape index (κ2) is 4.85. The first kappa shape index (κ1) is 14.1. The van der Waals surface area contributed by atoms with Crippen molar-refractivity contribution in [2.45, 2.75) is 18.1 Å². The van der Waals surface area contributed by atoms with Crippen LogP contribution in [0.3, 0.4) is 0 Å². The highest BCUT2D eigenvalue weighted by atomic mass is 32.2. The molecular formula is C14H15N3O2S2. The van der Waals surface area contributed by atoms with E-state index < -0.39 is 9.84 Å². The summed E-state index contributed by atoms with van der Waals surface area (Å²) in [5.74, 6) is 0.452. The summed E-state index contributed by atoms with van der Waals surface area (Å²) in [4.78, 5) is 0.620. The molecule has 0 saturated carbocycles. The SMILES string of the molecule is CCS(=O)(=O)c1sc2n[nH]c(N)c2c1-c1ccc(C)cc1. The van der Waals surface area contributed by atoms with Crippen LogP contribution in [0.5, 0.6) is 0 Å². The number of thiophene rings is 1. The van der Waals surface area contributed by atoms with Crippen molar-refractivity contribution in [2.24, 2.45) is 0 Å². The molecule has 3 N–H and O–H groups in total. The summed E-state index contributed by atoms with van der Waals surface area (Å²) in [5.41, 5.74) is 8.55. The molecule has 0 aliphatic heterocycles. The van der Waals surface area contributed by atoms with E-state index in [1.165, 1.54) is 0 Å². The van der Waals surface area contributed by atoms with Gasteiger partial charge in [-0.1, -0.05) is 36.8 Å². The minimum Gasteiger partial charge on any atom is -0.384 e. The highest BCUT2D eigenvalue weighted by Crippen LogP contribution is 2.43. The molecule has 0 aliphatic rings. The third-order valence-electron chi connectivity index (χ3n) is 3.41. The summed E-state index contributed by atoms with van der Waals surface area (Å²) in [7, 11) is -3.33. The molecule has 0 fully saturated rings. The van der Waals surface area contributed by atoms with Crippen LogP contribution in [0.4, 0.5) is 5.82 Å². The maximum absolute atomic E-state index is 12.4. The predicted octanol–water partition coefficient (Wildman–Crippen LogP) is 2.98. The standard InChI is InChI=1S/C14H15N3O2S2/c1-3-21(18,19)14-10(9-6-4-8(2)5-7-9)11-12(15)16-17-13(11)20-14/h4-7H,3H2,1-2H3,(H3,15,16,17). The lowest BCUT2D eigenvalue weighted by Gasteiger charge is -2.06. The number of hydrogen-bond acceptors (Lipinski definition) is 5. The van der Waals surface area contributed by atoms with Crippen LogP contribution in [0, 0.1) is 6.92 Å². The van der Waals surface area contributed by atoms with E-state index >= 15 is 0 Å². The van der Waals surface area contributed by atoms with Crippen molar-refractivity contribution in [2.75, 3.05) is 11.5 Å². The molecule has 0 unspecified atom stereocenters. The number of rotatable bonds is 3. The van der Waals surface area contributed by atoms with Crippen molar-refractivity contribution in [3.8, 4) is 11.1 Å². The van der Waals surface area contributed by atoms with Gasteiger partial charge in [-0.25, -0.2) is 8.42 Å². The van der Waals surface area contributed by atoms with E-state index in [4.69, 9.17) is 5.73 Å². The Bertz CT molecular complexity index is 906. The lowest BCUT2D eigenvalue weighted by atomic mass is 10.0. The van der Waals surface area contributed by atoms with Crippen molar-refractivity contribution in [1.82, 2.24) is 10.2 Å². The number of fused-ring (bicyclic) bond motifs is 1. The zero-order valence-electron chi connectivity index (χ0n) is 11.7. The molecule has 0 spiro atoms. The molecule has 110 valence electrons. The second-order valence-electron chi connectivity index (χ2n) is 4.85. The summed E-state index contributed by atoms with van der Waals surface area (Å²) in [6.07, 6.45) is 0. The lowest BCUT2D eigenvalue weighted by Crippen LogP contribution is -2.03. The number of nitrogens with one attached hydrogen (secondary N) is 1. The average molecular weight is 321 g/mol. The number of nitrogens with two attached hydrogens (primary N) is 1. The fourth-order valence-electron chi connectivity index (χ4n) is 2.23. The smallest absolute Gasteiger partial charge is 0.188 e. The number of nitrogens with zero attached hydrogens (tertiary/aromatic N) is 1. The molecule has 5 nitrogen and oxygen atoms in total. The fourth-order valence-corrected chi connectivity index (χ4v) is 5.02. The summed E-state index contributed by atoms with van der Waals surface area (Å²) in [6, 6.07) is 7.74. The Labute approximate surface area is 126 Å². The number of benzene rings is 1. The van der Waals surface area contributed by atoms with Gasteiger partial charge in [0.15, 0.2) is 9.84 Å². The summed E-state index contributed by atoms with van der Waals surface area (Å²) in [6.45, 7) is 3.63. The zero-order chi connectivity index (χ0) is 15.2. The maximum Gasteiger partial charge on any atom is 0.188 e. The van der Waals surface area contributed by atoms with Crippen LogP contribution in [0.1, 0.15) is 12.5 Å². The molecule has 0 saturated heterocycles. The Morgan fingerprint density at radius 1 is 1.29 bits per heavy atom. The van der Waals surface area contributed by atoms with E-state index in [1.807, 2.05) is 31.2 Å². The molecule has 2 aromatic heterocycles. The van der Waals surface area contributed by atoms with Gasteiger partial charge in [0.05, 0.1) is 11.1 Å².